The molecule has 0 bridgehead atoms. The van der Waals surface area contributed by atoms with Crippen molar-refractivity contribution in [3.05, 3.63) is 39.1 Å². The molecule has 0 radical (unpaired) electrons. The number of hydrogen-bond acceptors (Lipinski definition) is 2. The number of oxazole rings is 1. The van der Waals surface area contributed by atoms with Crippen LogP contribution < -0.4 is 0 Å². The van der Waals surface area contributed by atoms with Crippen molar-refractivity contribution in [2.75, 3.05) is 0 Å². The summed E-state index contributed by atoms with van der Waals surface area (Å²) in [5.41, 5.74) is 0.958. The Morgan fingerprint density at radius 1 is 1.14 bits per heavy atom. The van der Waals surface area contributed by atoms with Gasteiger partial charge < -0.3 is 4.42 Å². The van der Waals surface area contributed by atoms with Gasteiger partial charge >= 0.3 is 0 Å². The van der Waals surface area contributed by atoms with Gasteiger partial charge in [0.15, 0.2) is 0 Å². The molecule has 1 heterocycles. The normalized spacial score (nSPS) is 10.5. The van der Waals surface area contributed by atoms with E-state index in [1.54, 1.807) is 6.20 Å². The minimum atomic E-state index is 0.643. The van der Waals surface area contributed by atoms with E-state index in [1.807, 2.05) is 25.1 Å². The van der Waals surface area contributed by atoms with E-state index in [4.69, 9.17) is 4.42 Å². The maximum atomic E-state index is 5.43. The largest absolute Gasteiger partial charge is 0.441 e. The van der Waals surface area contributed by atoms with Crippen LogP contribution in [0, 0.1) is 6.92 Å². The Morgan fingerprint density at radius 2 is 1.79 bits per heavy atom. The highest BCUT2D eigenvalue weighted by molar-refractivity contribution is 9.11. The molecule has 0 aliphatic heterocycles. The summed E-state index contributed by atoms with van der Waals surface area (Å²) in [4.78, 5) is 4.16. The zero-order valence-corrected chi connectivity index (χ0v) is 10.6. The standard InChI is InChI=1S/C10H7Br2NO/c1-6-5-13-10(14-6)7-2-8(11)4-9(12)3-7/h2-5H,1H3. The maximum Gasteiger partial charge on any atom is 0.226 e. The lowest BCUT2D eigenvalue weighted by Gasteiger charge is -1.98. The highest BCUT2D eigenvalue weighted by atomic mass is 79.9. The van der Waals surface area contributed by atoms with Crippen LogP contribution in [-0.2, 0) is 0 Å². The van der Waals surface area contributed by atoms with E-state index in [0.29, 0.717) is 5.89 Å². The highest BCUT2D eigenvalue weighted by Gasteiger charge is 2.05. The van der Waals surface area contributed by atoms with Crippen LogP contribution in [-0.4, -0.2) is 4.98 Å². The molecule has 0 fully saturated rings. The molecule has 72 valence electrons. The summed E-state index contributed by atoms with van der Waals surface area (Å²) in [5.74, 6) is 1.46. The first-order chi connectivity index (χ1) is 6.65. The molecule has 2 aromatic rings. The molecule has 0 aliphatic rings. The quantitative estimate of drug-likeness (QED) is 0.789. The predicted octanol–water partition coefficient (Wildman–Crippen LogP) is 4.18. The van der Waals surface area contributed by atoms with Crippen LogP contribution in [0.5, 0.6) is 0 Å². The Hall–Kier alpha value is -0.610. The number of hydrogen-bond donors (Lipinski definition) is 0. The van der Waals surface area contributed by atoms with E-state index < -0.39 is 0 Å². The van der Waals surface area contributed by atoms with Crippen molar-refractivity contribution in [1.29, 1.82) is 0 Å². The zero-order chi connectivity index (χ0) is 10.1. The van der Waals surface area contributed by atoms with Crippen molar-refractivity contribution in [2.24, 2.45) is 0 Å². The second kappa shape index (κ2) is 3.87. The number of benzene rings is 1. The van der Waals surface area contributed by atoms with Crippen LogP contribution in [0.2, 0.25) is 0 Å². The van der Waals surface area contributed by atoms with Crippen LogP contribution in [0.3, 0.4) is 0 Å². The van der Waals surface area contributed by atoms with Gasteiger partial charge in [0.1, 0.15) is 5.76 Å². The molecule has 0 atom stereocenters. The van der Waals surface area contributed by atoms with Gasteiger partial charge in [-0.1, -0.05) is 31.9 Å². The lowest BCUT2D eigenvalue weighted by Crippen LogP contribution is -1.77. The maximum absolute atomic E-state index is 5.43. The van der Waals surface area contributed by atoms with Crippen LogP contribution in [0.1, 0.15) is 5.76 Å². The minimum absolute atomic E-state index is 0.643. The summed E-state index contributed by atoms with van der Waals surface area (Å²) < 4.78 is 7.42. The van der Waals surface area contributed by atoms with Gasteiger partial charge in [0.2, 0.25) is 5.89 Å². The van der Waals surface area contributed by atoms with Crippen molar-refractivity contribution < 1.29 is 4.42 Å². The second-order valence-electron chi connectivity index (χ2n) is 2.93. The molecule has 0 amide bonds. The van der Waals surface area contributed by atoms with E-state index in [-0.39, 0.29) is 0 Å². The minimum Gasteiger partial charge on any atom is -0.441 e. The molecular weight excluding hydrogens is 310 g/mol. The van der Waals surface area contributed by atoms with Crippen molar-refractivity contribution in [2.45, 2.75) is 6.92 Å². The molecule has 0 N–H and O–H groups in total. The average molecular weight is 317 g/mol. The monoisotopic (exact) mass is 315 g/mol. The number of aromatic nitrogens is 1. The summed E-state index contributed by atoms with van der Waals surface area (Å²) >= 11 is 6.84. The number of aryl methyl sites for hydroxylation is 1. The van der Waals surface area contributed by atoms with E-state index in [1.165, 1.54) is 0 Å². The molecule has 0 aliphatic carbocycles. The molecule has 2 nitrogen and oxygen atoms in total. The van der Waals surface area contributed by atoms with Crippen LogP contribution in [0.15, 0.2) is 37.8 Å². The van der Waals surface area contributed by atoms with Gasteiger partial charge in [-0.05, 0) is 25.1 Å². The zero-order valence-electron chi connectivity index (χ0n) is 7.42. The van der Waals surface area contributed by atoms with Gasteiger partial charge in [0.25, 0.3) is 0 Å². The van der Waals surface area contributed by atoms with E-state index in [9.17, 15) is 0 Å². The summed E-state index contributed by atoms with van der Waals surface area (Å²) in [7, 11) is 0. The van der Waals surface area contributed by atoms with Gasteiger partial charge in [-0.25, -0.2) is 4.98 Å². The third-order valence-electron chi connectivity index (χ3n) is 1.73. The highest BCUT2D eigenvalue weighted by Crippen LogP contribution is 2.27. The van der Waals surface area contributed by atoms with Crippen molar-refractivity contribution in [3.63, 3.8) is 0 Å². The fourth-order valence-corrected chi connectivity index (χ4v) is 2.46. The summed E-state index contributed by atoms with van der Waals surface area (Å²) in [6.45, 7) is 1.88. The van der Waals surface area contributed by atoms with Crippen molar-refractivity contribution >= 4 is 31.9 Å². The summed E-state index contributed by atoms with van der Waals surface area (Å²) in [5, 5.41) is 0. The molecule has 0 saturated carbocycles. The first kappa shape index (κ1) is 9.93. The number of rotatable bonds is 1. The number of nitrogens with zero attached hydrogens (tertiary/aromatic N) is 1. The first-order valence-electron chi connectivity index (χ1n) is 4.04. The van der Waals surface area contributed by atoms with Gasteiger partial charge in [-0.15, -0.1) is 0 Å². The molecular formula is C10H7Br2NO. The van der Waals surface area contributed by atoms with Crippen LogP contribution in [0.25, 0.3) is 11.5 Å². The van der Waals surface area contributed by atoms with Crippen LogP contribution >= 0.6 is 31.9 Å². The fraction of sp³-hybridized carbons (Fsp3) is 0.100. The molecule has 4 heteroatoms. The van der Waals surface area contributed by atoms with Gasteiger partial charge in [0, 0.05) is 14.5 Å². The van der Waals surface area contributed by atoms with Gasteiger partial charge in [0.05, 0.1) is 6.20 Å². The predicted molar refractivity (Wildman–Crippen MR) is 62.1 cm³/mol. The Morgan fingerprint density at radius 3 is 2.29 bits per heavy atom. The smallest absolute Gasteiger partial charge is 0.226 e. The molecule has 0 saturated heterocycles. The fourth-order valence-electron chi connectivity index (χ4n) is 1.17. The van der Waals surface area contributed by atoms with E-state index >= 15 is 0 Å². The Balaban J connectivity index is 2.51. The first-order valence-corrected chi connectivity index (χ1v) is 5.62. The van der Waals surface area contributed by atoms with E-state index in [0.717, 1.165) is 20.3 Å². The molecule has 14 heavy (non-hydrogen) atoms. The SMILES string of the molecule is Cc1cnc(-c2cc(Br)cc(Br)c2)o1. The Bertz CT molecular complexity index is 445. The third-order valence-corrected chi connectivity index (χ3v) is 2.65. The average Bonchev–Trinajstić information content (AvgIpc) is 2.50. The number of halogens is 2. The molecule has 1 aromatic heterocycles. The van der Waals surface area contributed by atoms with Crippen molar-refractivity contribution in [3.8, 4) is 11.5 Å². The summed E-state index contributed by atoms with van der Waals surface area (Å²) in [6, 6.07) is 5.91. The summed E-state index contributed by atoms with van der Waals surface area (Å²) in [6.07, 6.45) is 1.71. The van der Waals surface area contributed by atoms with Gasteiger partial charge in [-0.2, -0.15) is 0 Å². The molecule has 2 rings (SSSR count). The van der Waals surface area contributed by atoms with E-state index in [2.05, 4.69) is 36.8 Å². The molecule has 0 spiro atoms. The third kappa shape index (κ3) is 2.07. The molecule has 0 unspecified atom stereocenters. The van der Waals surface area contributed by atoms with Crippen molar-refractivity contribution in [1.82, 2.24) is 4.98 Å². The Labute approximate surface area is 98.6 Å². The molecule has 1 aromatic carbocycles. The topological polar surface area (TPSA) is 26.0 Å². The van der Waals surface area contributed by atoms with Gasteiger partial charge in [-0.3, -0.25) is 0 Å². The van der Waals surface area contributed by atoms with Crippen LogP contribution in [0.4, 0.5) is 0 Å². The lowest BCUT2D eigenvalue weighted by molar-refractivity contribution is 0.542. The second-order valence-corrected chi connectivity index (χ2v) is 4.77. The Kier molecular flexibility index (Phi) is 2.74. The lowest BCUT2D eigenvalue weighted by atomic mass is 10.2.